The third-order valence-electron chi connectivity index (χ3n) is 3.36. The summed E-state index contributed by atoms with van der Waals surface area (Å²) in [4.78, 5) is 0. The van der Waals surface area contributed by atoms with Crippen molar-refractivity contribution in [3.63, 3.8) is 0 Å². The zero-order valence-corrected chi connectivity index (χ0v) is 11.1. The van der Waals surface area contributed by atoms with Crippen LogP contribution in [0.3, 0.4) is 0 Å². The van der Waals surface area contributed by atoms with Gasteiger partial charge in [0.1, 0.15) is 0 Å². The molecule has 0 heterocycles. The second kappa shape index (κ2) is 5.30. The predicted octanol–water partition coefficient (Wildman–Crippen LogP) is 2.80. The number of aliphatic hydroxyl groups excluding tert-OH is 1. The summed E-state index contributed by atoms with van der Waals surface area (Å²) in [5.41, 5.74) is 2.81. The van der Waals surface area contributed by atoms with Crippen molar-refractivity contribution in [3.8, 4) is 0 Å². The number of halogens is 1. The molecule has 0 aliphatic heterocycles. The summed E-state index contributed by atoms with van der Waals surface area (Å²) in [6.07, 6.45) is 3.22. The van der Waals surface area contributed by atoms with Crippen molar-refractivity contribution < 1.29 is 5.11 Å². The molecule has 2 nitrogen and oxygen atoms in total. The number of nitrogens with one attached hydrogen (secondary N) is 1. The molecule has 2 unspecified atom stereocenters. The topological polar surface area (TPSA) is 32.3 Å². The number of hydrogen-bond donors (Lipinski definition) is 2. The van der Waals surface area contributed by atoms with Crippen LogP contribution < -0.4 is 5.32 Å². The van der Waals surface area contributed by atoms with Crippen LogP contribution in [0.1, 0.15) is 36.9 Å². The van der Waals surface area contributed by atoms with Gasteiger partial charge in [0, 0.05) is 16.6 Å². The Bertz CT molecular complexity index is 363. The summed E-state index contributed by atoms with van der Waals surface area (Å²) in [7, 11) is 0. The fourth-order valence-electron chi connectivity index (χ4n) is 2.37. The van der Waals surface area contributed by atoms with Crippen molar-refractivity contribution in [2.45, 2.75) is 38.3 Å². The maximum absolute atomic E-state index is 9.22. The van der Waals surface area contributed by atoms with E-state index in [0.29, 0.717) is 6.04 Å². The quantitative estimate of drug-likeness (QED) is 0.891. The highest BCUT2D eigenvalue weighted by atomic mass is 79.9. The lowest BCUT2D eigenvalue weighted by Gasteiger charge is -2.20. The van der Waals surface area contributed by atoms with E-state index in [9.17, 15) is 5.11 Å². The minimum absolute atomic E-state index is 0.218. The Morgan fingerprint density at radius 3 is 3.06 bits per heavy atom. The van der Waals surface area contributed by atoms with Crippen molar-refractivity contribution in [3.05, 3.63) is 33.8 Å². The van der Waals surface area contributed by atoms with E-state index in [1.54, 1.807) is 0 Å². The molecular formula is C13H18BrNO. The number of hydrogen-bond acceptors (Lipinski definition) is 2. The van der Waals surface area contributed by atoms with Crippen LogP contribution in [-0.2, 0) is 6.42 Å². The number of benzene rings is 1. The molecule has 2 rings (SSSR count). The molecule has 0 saturated carbocycles. The first-order valence-corrected chi connectivity index (χ1v) is 6.69. The Kier molecular flexibility index (Phi) is 4.00. The molecular weight excluding hydrogens is 266 g/mol. The Balaban J connectivity index is 2.14. The molecule has 0 aromatic heterocycles. The van der Waals surface area contributed by atoms with E-state index < -0.39 is 0 Å². The number of rotatable bonds is 4. The lowest BCUT2D eigenvalue weighted by molar-refractivity contribution is 0.227. The Hall–Kier alpha value is -0.380. The molecule has 2 N–H and O–H groups in total. The van der Waals surface area contributed by atoms with Gasteiger partial charge < -0.3 is 10.4 Å². The standard InChI is InChI=1S/C13H18BrNO/c1-2-9(8-16)15-13-7-6-10-11(13)4-3-5-12(10)14/h3-5,9,13,15-16H,2,6-8H2,1H3. The molecule has 16 heavy (non-hydrogen) atoms. The largest absolute Gasteiger partial charge is 0.395 e. The molecule has 0 amide bonds. The minimum Gasteiger partial charge on any atom is -0.395 e. The predicted molar refractivity (Wildman–Crippen MR) is 69.5 cm³/mol. The zero-order valence-electron chi connectivity index (χ0n) is 9.54. The Labute approximate surface area is 105 Å². The van der Waals surface area contributed by atoms with Crippen LogP contribution in [0, 0.1) is 0 Å². The highest BCUT2D eigenvalue weighted by molar-refractivity contribution is 9.10. The van der Waals surface area contributed by atoms with Gasteiger partial charge in [-0.05, 0) is 36.5 Å². The monoisotopic (exact) mass is 283 g/mol. The van der Waals surface area contributed by atoms with Crippen molar-refractivity contribution in [2.75, 3.05) is 6.61 Å². The first kappa shape index (κ1) is 12.1. The first-order chi connectivity index (χ1) is 7.76. The van der Waals surface area contributed by atoms with E-state index in [4.69, 9.17) is 0 Å². The van der Waals surface area contributed by atoms with Crippen LogP contribution in [0.4, 0.5) is 0 Å². The van der Waals surface area contributed by atoms with Crippen molar-refractivity contribution in [1.82, 2.24) is 5.32 Å². The highest BCUT2D eigenvalue weighted by Crippen LogP contribution is 2.35. The highest BCUT2D eigenvalue weighted by Gasteiger charge is 2.25. The fourth-order valence-corrected chi connectivity index (χ4v) is 2.95. The lowest BCUT2D eigenvalue weighted by atomic mass is 10.1. The number of fused-ring (bicyclic) bond motifs is 1. The normalized spacial score (nSPS) is 20.8. The van der Waals surface area contributed by atoms with Gasteiger partial charge >= 0.3 is 0 Å². The third-order valence-corrected chi connectivity index (χ3v) is 4.11. The van der Waals surface area contributed by atoms with E-state index >= 15 is 0 Å². The zero-order chi connectivity index (χ0) is 11.5. The van der Waals surface area contributed by atoms with Crippen LogP contribution >= 0.6 is 15.9 Å². The molecule has 0 spiro atoms. The maximum Gasteiger partial charge on any atom is 0.0584 e. The Morgan fingerprint density at radius 2 is 2.38 bits per heavy atom. The third kappa shape index (κ3) is 2.31. The van der Waals surface area contributed by atoms with Crippen LogP contribution in [0.5, 0.6) is 0 Å². The van der Waals surface area contributed by atoms with Gasteiger partial charge in [-0.3, -0.25) is 0 Å². The molecule has 2 atom stereocenters. The van der Waals surface area contributed by atoms with Crippen molar-refractivity contribution in [2.24, 2.45) is 0 Å². The van der Waals surface area contributed by atoms with Gasteiger partial charge in [-0.2, -0.15) is 0 Å². The van der Waals surface area contributed by atoms with Gasteiger partial charge in [0.05, 0.1) is 6.61 Å². The van der Waals surface area contributed by atoms with E-state index in [-0.39, 0.29) is 12.6 Å². The molecule has 3 heteroatoms. The molecule has 1 aliphatic rings. The van der Waals surface area contributed by atoms with E-state index in [1.165, 1.54) is 15.6 Å². The molecule has 0 bridgehead atoms. The maximum atomic E-state index is 9.22. The van der Waals surface area contributed by atoms with E-state index in [0.717, 1.165) is 19.3 Å². The number of aliphatic hydroxyl groups is 1. The summed E-state index contributed by atoms with van der Waals surface area (Å²) >= 11 is 3.60. The van der Waals surface area contributed by atoms with Crippen molar-refractivity contribution >= 4 is 15.9 Å². The second-order valence-electron chi connectivity index (χ2n) is 4.35. The van der Waals surface area contributed by atoms with Crippen LogP contribution in [0.15, 0.2) is 22.7 Å². The molecule has 0 radical (unpaired) electrons. The average Bonchev–Trinajstić information content (AvgIpc) is 2.71. The molecule has 1 aromatic carbocycles. The van der Waals surface area contributed by atoms with E-state index in [1.807, 2.05) is 0 Å². The first-order valence-electron chi connectivity index (χ1n) is 5.90. The lowest BCUT2D eigenvalue weighted by Crippen LogP contribution is -2.34. The van der Waals surface area contributed by atoms with Gasteiger partial charge in [-0.15, -0.1) is 0 Å². The van der Waals surface area contributed by atoms with Gasteiger partial charge in [-0.1, -0.05) is 35.0 Å². The summed E-state index contributed by atoms with van der Waals surface area (Å²) in [6.45, 7) is 2.32. The average molecular weight is 284 g/mol. The van der Waals surface area contributed by atoms with Crippen LogP contribution in [-0.4, -0.2) is 17.8 Å². The summed E-state index contributed by atoms with van der Waals surface area (Å²) in [6, 6.07) is 7.00. The van der Waals surface area contributed by atoms with Gasteiger partial charge in [-0.25, -0.2) is 0 Å². The van der Waals surface area contributed by atoms with Crippen LogP contribution in [0.2, 0.25) is 0 Å². The second-order valence-corrected chi connectivity index (χ2v) is 5.21. The SMILES string of the molecule is CCC(CO)NC1CCc2c(Br)cccc21. The summed E-state index contributed by atoms with van der Waals surface area (Å²) < 4.78 is 1.21. The summed E-state index contributed by atoms with van der Waals surface area (Å²) in [5, 5.41) is 12.7. The van der Waals surface area contributed by atoms with Gasteiger partial charge in [0.25, 0.3) is 0 Å². The smallest absolute Gasteiger partial charge is 0.0584 e. The van der Waals surface area contributed by atoms with Crippen molar-refractivity contribution in [1.29, 1.82) is 0 Å². The van der Waals surface area contributed by atoms with Gasteiger partial charge in [0.15, 0.2) is 0 Å². The molecule has 88 valence electrons. The molecule has 0 fully saturated rings. The van der Waals surface area contributed by atoms with E-state index in [2.05, 4.69) is 46.4 Å². The fraction of sp³-hybridized carbons (Fsp3) is 0.538. The van der Waals surface area contributed by atoms with Crippen LogP contribution in [0.25, 0.3) is 0 Å². The molecule has 1 aliphatic carbocycles. The van der Waals surface area contributed by atoms with Gasteiger partial charge in [0.2, 0.25) is 0 Å². The molecule has 1 aromatic rings. The Morgan fingerprint density at radius 1 is 1.56 bits per heavy atom. The minimum atomic E-state index is 0.218. The summed E-state index contributed by atoms with van der Waals surface area (Å²) in [5.74, 6) is 0. The molecule has 0 saturated heterocycles.